The van der Waals surface area contributed by atoms with Gasteiger partial charge in [0.2, 0.25) is 0 Å². The number of rotatable bonds is 5. The molecule has 1 saturated heterocycles. The van der Waals surface area contributed by atoms with E-state index in [0.717, 1.165) is 17.8 Å². The van der Waals surface area contributed by atoms with Crippen LogP contribution in [0.2, 0.25) is 0 Å². The Bertz CT molecular complexity index is 449. The summed E-state index contributed by atoms with van der Waals surface area (Å²) >= 11 is 0. The molecule has 1 aromatic rings. The first-order chi connectivity index (χ1) is 9.54. The summed E-state index contributed by atoms with van der Waals surface area (Å²) in [6.45, 7) is 4.11. The fraction of sp³-hybridized carbons (Fsp3) is 0.625. The molecule has 0 bridgehead atoms. The Morgan fingerprint density at radius 2 is 2.25 bits per heavy atom. The molecule has 112 valence electrons. The van der Waals surface area contributed by atoms with Crippen LogP contribution in [0, 0.1) is 5.82 Å². The molecular formula is C16H26FN3. The van der Waals surface area contributed by atoms with Gasteiger partial charge in [-0.25, -0.2) is 4.39 Å². The van der Waals surface area contributed by atoms with Gasteiger partial charge >= 0.3 is 0 Å². The minimum Gasteiger partial charge on any atom is -0.373 e. The zero-order valence-corrected chi connectivity index (χ0v) is 13.0. The van der Waals surface area contributed by atoms with E-state index in [9.17, 15) is 4.39 Å². The van der Waals surface area contributed by atoms with E-state index in [0.29, 0.717) is 6.04 Å². The Labute approximate surface area is 121 Å². The molecule has 1 heterocycles. The number of benzene rings is 1. The van der Waals surface area contributed by atoms with E-state index in [-0.39, 0.29) is 11.9 Å². The molecule has 0 saturated carbocycles. The Kier molecular flexibility index (Phi) is 5.00. The number of nitrogens with one attached hydrogen (secondary N) is 1. The summed E-state index contributed by atoms with van der Waals surface area (Å²) in [6, 6.07) is 5.94. The Hall–Kier alpha value is -1.13. The monoisotopic (exact) mass is 279 g/mol. The molecule has 0 radical (unpaired) electrons. The second-order valence-corrected chi connectivity index (χ2v) is 5.84. The van der Waals surface area contributed by atoms with Crippen molar-refractivity contribution in [3.63, 3.8) is 0 Å². The van der Waals surface area contributed by atoms with E-state index >= 15 is 0 Å². The maximum atomic E-state index is 14.2. The average Bonchev–Trinajstić information content (AvgIpc) is 2.83. The van der Waals surface area contributed by atoms with E-state index in [2.05, 4.69) is 29.2 Å². The molecule has 1 N–H and O–H groups in total. The summed E-state index contributed by atoms with van der Waals surface area (Å²) in [7, 11) is 6.10. The van der Waals surface area contributed by atoms with Crippen molar-refractivity contribution in [2.75, 3.05) is 39.1 Å². The van der Waals surface area contributed by atoms with Gasteiger partial charge < -0.3 is 15.1 Å². The third kappa shape index (κ3) is 3.13. The Morgan fingerprint density at radius 1 is 1.50 bits per heavy atom. The van der Waals surface area contributed by atoms with Crippen molar-refractivity contribution < 1.29 is 4.39 Å². The standard InChI is InChI=1S/C16H26FN3/c1-12(18-2)16-14(17)8-5-9-15(16)20(4)11-13-7-6-10-19(13)3/h5,8-9,12-13,18H,6-7,10-11H2,1-4H3. The second-order valence-electron chi connectivity index (χ2n) is 5.84. The molecule has 0 amide bonds. The highest BCUT2D eigenvalue weighted by molar-refractivity contribution is 5.55. The molecule has 1 aliphatic heterocycles. The quantitative estimate of drug-likeness (QED) is 0.894. The number of hydrogen-bond donors (Lipinski definition) is 1. The molecule has 4 heteroatoms. The SMILES string of the molecule is CNC(C)c1c(F)cccc1N(C)CC1CCCN1C. The maximum Gasteiger partial charge on any atom is 0.130 e. The minimum absolute atomic E-state index is 0.00922. The van der Waals surface area contributed by atoms with Crippen LogP contribution >= 0.6 is 0 Å². The first kappa shape index (κ1) is 15.3. The summed E-state index contributed by atoms with van der Waals surface area (Å²) in [5.74, 6) is -0.129. The van der Waals surface area contributed by atoms with E-state index in [1.54, 1.807) is 12.1 Å². The first-order valence-corrected chi connectivity index (χ1v) is 7.41. The van der Waals surface area contributed by atoms with Gasteiger partial charge in [-0.2, -0.15) is 0 Å². The van der Waals surface area contributed by atoms with Gasteiger partial charge in [0.25, 0.3) is 0 Å². The fourth-order valence-electron chi connectivity index (χ4n) is 3.06. The third-order valence-electron chi connectivity index (χ3n) is 4.46. The second kappa shape index (κ2) is 6.55. The maximum absolute atomic E-state index is 14.2. The van der Waals surface area contributed by atoms with E-state index in [1.807, 2.05) is 20.0 Å². The lowest BCUT2D eigenvalue weighted by Gasteiger charge is -2.30. The molecule has 1 aliphatic rings. The molecule has 20 heavy (non-hydrogen) atoms. The molecule has 0 spiro atoms. The Balaban J connectivity index is 2.20. The van der Waals surface area contributed by atoms with Crippen LogP contribution in [0.3, 0.4) is 0 Å². The van der Waals surface area contributed by atoms with Crippen molar-refractivity contribution in [3.05, 3.63) is 29.6 Å². The van der Waals surface area contributed by atoms with Crippen LogP contribution in [0.15, 0.2) is 18.2 Å². The first-order valence-electron chi connectivity index (χ1n) is 7.41. The smallest absolute Gasteiger partial charge is 0.130 e. The predicted octanol–water partition coefficient (Wildman–Crippen LogP) is 2.64. The van der Waals surface area contributed by atoms with Crippen molar-refractivity contribution in [3.8, 4) is 0 Å². The summed E-state index contributed by atoms with van der Waals surface area (Å²) in [5.41, 5.74) is 1.75. The highest BCUT2D eigenvalue weighted by Gasteiger charge is 2.24. The molecule has 3 nitrogen and oxygen atoms in total. The Morgan fingerprint density at radius 3 is 2.85 bits per heavy atom. The van der Waals surface area contributed by atoms with Crippen LogP contribution in [0.4, 0.5) is 10.1 Å². The third-order valence-corrected chi connectivity index (χ3v) is 4.46. The zero-order chi connectivity index (χ0) is 14.7. The number of hydrogen-bond acceptors (Lipinski definition) is 3. The fourth-order valence-corrected chi connectivity index (χ4v) is 3.06. The molecule has 1 aromatic carbocycles. The van der Waals surface area contributed by atoms with Crippen LogP contribution in [0.5, 0.6) is 0 Å². The number of nitrogens with zero attached hydrogens (tertiary/aromatic N) is 2. The lowest BCUT2D eigenvalue weighted by Crippen LogP contribution is -2.37. The van der Waals surface area contributed by atoms with Crippen molar-refractivity contribution in [2.45, 2.75) is 31.8 Å². The highest BCUT2D eigenvalue weighted by atomic mass is 19.1. The van der Waals surface area contributed by atoms with Gasteiger partial charge in [-0.05, 0) is 52.5 Å². The van der Waals surface area contributed by atoms with E-state index in [4.69, 9.17) is 0 Å². The minimum atomic E-state index is -0.129. The largest absolute Gasteiger partial charge is 0.373 e. The van der Waals surface area contributed by atoms with E-state index < -0.39 is 0 Å². The van der Waals surface area contributed by atoms with Crippen molar-refractivity contribution >= 4 is 5.69 Å². The van der Waals surface area contributed by atoms with E-state index in [1.165, 1.54) is 19.4 Å². The average molecular weight is 279 g/mol. The molecule has 2 atom stereocenters. The van der Waals surface area contributed by atoms with Gasteiger partial charge in [0.15, 0.2) is 0 Å². The lowest BCUT2D eigenvalue weighted by atomic mass is 10.0. The van der Waals surface area contributed by atoms with Crippen LogP contribution in [-0.2, 0) is 0 Å². The van der Waals surface area contributed by atoms with Crippen LogP contribution in [0.1, 0.15) is 31.4 Å². The summed E-state index contributed by atoms with van der Waals surface area (Å²) in [4.78, 5) is 4.59. The van der Waals surface area contributed by atoms with Gasteiger partial charge in [-0.3, -0.25) is 0 Å². The van der Waals surface area contributed by atoms with Gasteiger partial charge in [-0.1, -0.05) is 6.07 Å². The summed E-state index contributed by atoms with van der Waals surface area (Å²) in [6.07, 6.45) is 2.49. The molecule has 2 rings (SSSR count). The van der Waals surface area contributed by atoms with Crippen molar-refractivity contribution in [2.24, 2.45) is 0 Å². The van der Waals surface area contributed by atoms with Gasteiger partial charge in [0, 0.05) is 36.9 Å². The topological polar surface area (TPSA) is 18.5 Å². The normalized spacial score (nSPS) is 21.1. The highest BCUT2D eigenvalue weighted by Crippen LogP contribution is 2.29. The van der Waals surface area contributed by atoms with Gasteiger partial charge in [0.1, 0.15) is 5.82 Å². The lowest BCUT2D eigenvalue weighted by molar-refractivity contribution is 0.314. The van der Waals surface area contributed by atoms with Gasteiger partial charge in [0.05, 0.1) is 0 Å². The van der Waals surface area contributed by atoms with Crippen molar-refractivity contribution in [1.29, 1.82) is 0 Å². The molecule has 0 aromatic heterocycles. The van der Waals surface area contributed by atoms with Crippen molar-refractivity contribution in [1.82, 2.24) is 10.2 Å². The zero-order valence-electron chi connectivity index (χ0n) is 13.0. The number of likely N-dealkylation sites (N-methyl/N-ethyl adjacent to an activating group) is 2. The summed E-state index contributed by atoms with van der Waals surface area (Å²) < 4.78 is 14.2. The molecular weight excluding hydrogens is 253 g/mol. The molecule has 0 aliphatic carbocycles. The van der Waals surface area contributed by atoms with Crippen LogP contribution < -0.4 is 10.2 Å². The molecule has 2 unspecified atom stereocenters. The predicted molar refractivity (Wildman–Crippen MR) is 82.8 cm³/mol. The number of anilines is 1. The number of halogens is 1. The van der Waals surface area contributed by atoms with Gasteiger partial charge in [-0.15, -0.1) is 0 Å². The molecule has 1 fully saturated rings. The summed E-state index contributed by atoms with van der Waals surface area (Å²) in [5, 5.41) is 3.14. The van der Waals surface area contributed by atoms with Crippen LogP contribution in [-0.4, -0.2) is 45.2 Å². The number of likely N-dealkylation sites (tertiary alicyclic amines) is 1. The van der Waals surface area contributed by atoms with Crippen LogP contribution in [0.25, 0.3) is 0 Å².